The van der Waals surface area contributed by atoms with E-state index in [1.165, 1.54) is 12.1 Å². The van der Waals surface area contributed by atoms with E-state index in [1.807, 2.05) is 0 Å². The van der Waals surface area contributed by atoms with E-state index < -0.39 is 0 Å². The van der Waals surface area contributed by atoms with Crippen molar-refractivity contribution < 1.29 is 9.13 Å². The van der Waals surface area contributed by atoms with Gasteiger partial charge in [0.15, 0.2) is 5.96 Å². The van der Waals surface area contributed by atoms with Gasteiger partial charge in [-0.2, -0.15) is 0 Å². The van der Waals surface area contributed by atoms with Crippen LogP contribution in [0.25, 0.3) is 0 Å². The highest BCUT2D eigenvalue weighted by atomic mass is 79.9. The van der Waals surface area contributed by atoms with E-state index in [4.69, 9.17) is 10.5 Å². The number of nitrogens with one attached hydrogen (secondary N) is 1. The number of guanidine groups is 1. The summed E-state index contributed by atoms with van der Waals surface area (Å²) >= 11 is 3.36. The lowest BCUT2D eigenvalue weighted by atomic mass is 10.2. The monoisotopic (exact) mass is 329 g/mol. The highest BCUT2D eigenvalue weighted by Gasteiger charge is 2.14. The zero-order valence-electron chi connectivity index (χ0n) is 10.5. The van der Waals surface area contributed by atoms with Crippen LogP contribution in [0.2, 0.25) is 0 Å². The van der Waals surface area contributed by atoms with Crippen LogP contribution >= 0.6 is 15.9 Å². The lowest BCUT2D eigenvalue weighted by Gasteiger charge is -2.11. The Bertz CT molecular complexity index is 461. The Labute approximate surface area is 120 Å². The van der Waals surface area contributed by atoms with Crippen LogP contribution in [0.15, 0.2) is 27.7 Å². The van der Waals surface area contributed by atoms with Crippen molar-refractivity contribution in [1.29, 1.82) is 0 Å². The van der Waals surface area contributed by atoms with E-state index >= 15 is 0 Å². The molecule has 104 valence electrons. The fraction of sp³-hybridized carbons (Fsp3) is 0.462. The summed E-state index contributed by atoms with van der Waals surface area (Å²) in [4.78, 5) is 4.19. The summed E-state index contributed by atoms with van der Waals surface area (Å²) in [6.07, 6.45) is 2.37. The van der Waals surface area contributed by atoms with Crippen molar-refractivity contribution in [1.82, 2.24) is 5.32 Å². The van der Waals surface area contributed by atoms with Crippen molar-refractivity contribution >= 4 is 21.9 Å². The summed E-state index contributed by atoms with van der Waals surface area (Å²) in [5, 5.41) is 3.02. The van der Waals surface area contributed by atoms with Crippen molar-refractivity contribution in [3.63, 3.8) is 0 Å². The molecule has 1 saturated heterocycles. The van der Waals surface area contributed by atoms with Gasteiger partial charge in [0.25, 0.3) is 0 Å². The molecule has 0 aliphatic carbocycles. The van der Waals surface area contributed by atoms with Gasteiger partial charge in [-0.25, -0.2) is 9.38 Å². The number of hydrogen-bond acceptors (Lipinski definition) is 2. The number of nitrogens with zero attached hydrogens (tertiary/aromatic N) is 1. The van der Waals surface area contributed by atoms with E-state index in [-0.39, 0.29) is 11.9 Å². The Morgan fingerprint density at radius 2 is 2.42 bits per heavy atom. The Morgan fingerprint density at radius 3 is 3.16 bits per heavy atom. The van der Waals surface area contributed by atoms with Crippen LogP contribution in [-0.4, -0.2) is 25.2 Å². The second-order valence-electron chi connectivity index (χ2n) is 4.45. The summed E-state index contributed by atoms with van der Waals surface area (Å²) in [5.74, 6) is 0.0750. The topological polar surface area (TPSA) is 59.6 Å². The van der Waals surface area contributed by atoms with E-state index in [0.29, 0.717) is 19.0 Å². The SMILES string of the molecule is NC(=NCc1cc(F)ccc1Br)NCC1CCCO1. The predicted octanol–water partition coefficient (Wildman–Crippen LogP) is 2.17. The lowest BCUT2D eigenvalue weighted by Crippen LogP contribution is -2.37. The molecule has 1 aliphatic heterocycles. The molecule has 4 nitrogen and oxygen atoms in total. The van der Waals surface area contributed by atoms with Crippen LogP contribution < -0.4 is 11.1 Å². The largest absolute Gasteiger partial charge is 0.376 e. The average molecular weight is 330 g/mol. The zero-order chi connectivity index (χ0) is 13.7. The summed E-state index contributed by atoms with van der Waals surface area (Å²) in [6.45, 7) is 1.82. The fourth-order valence-corrected chi connectivity index (χ4v) is 2.29. The maximum Gasteiger partial charge on any atom is 0.189 e. The van der Waals surface area contributed by atoms with Gasteiger partial charge in [0.05, 0.1) is 12.6 Å². The third-order valence-electron chi connectivity index (χ3n) is 2.96. The van der Waals surface area contributed by atoms with Crippen molar-refractivity contribution in [2.45, 2.75) is 25.5 Å². The number of nitrogens with two attached hydrogens (primary N) is 1. The van der Waals surface area contributed by atoms with Crippen molar-refractivity contribution in [2.24, 2.45) is 10.7 Å². The number of aliphatic imine (C=N–C) groups is 1. The Morgan fingerprint density at radius 1 is 1.58 bits per heavy atom. The number of rotatable bonds is 4. The molecular formula is C13H17BrFN3O. The average Bonchev–Trinajstić information content (AvgIpc) is 2.90. The molecule has 1 aromatic rings. The minimum absolute atomic E-state index is 0.217. The highest BCUT2D eigenvalue weighted by Crippen LogP contribution is 2.18. The number of benzene rings is 1. The molecule has 0 amide bonds. The molecule has 1 heterocycles. The smallest absolute Gasteiger partial charge is 0.189 e. The molecule has 0 bridgehead atoms. The number of hydrogen-bond donors (Lipinski definition) is 2. The first kappa shape index (κ1) is 14.3. The second kappa shape index (κ2) is 6.86. The van der Waals surface area contributed by atoms with Gasteiger partial charge in [0.2, 0.25) is 0 Å². The van der Waals surface area contributed by atoms with Gasteiger partial charge in [-0.15, -0.1) is 0 Å². The van der Waals surface area contributed by atoms with Crippen LogP contribution in [0.4, 0.5) is 4.39 Å². The second-order valence-corrected chi connectivity index (χ2v) is 5.31. The third kappa shape index (κ3) is 4.47. The molecule has 1 fully saturated rings. The van der Waals surface area contributed by atoms with Crippen LogP contribution in [0.3, 0.4) is 0 Å². The molecule has 1 aromatic carbocycles. The molecule has 0 spiro atoms. The molecule has 6 heteroatoms. The fourth-order valence-electron chi connectivity index (χ4n) is 1.91. The van der Waals surface area contributed by atoms with Crippen molar-refractivity contribution in [2.75, 3.05) is 13.2 Å². The van der Waals surface area contributed by atoms with E-state index in [2.05, 4.69) is 26.2 Å². The normalized spacial score (nSPS) is 19.7. The molecule has 0 radical (unpaired) electrons. The Balaban J connectivity index is 1.84. The maximum absolute atomic E-state index is 13.1. The molecule has 0 aromatic heterocycles. The summed E-state index contributed by atoms with van der Waals surface area (Å²) < 4.78 is 19.4. The van der Waals surface area contributed by atoms with Crippen LogP contribution in [0, 0.1) is 5.82 Å². The predicted molar refractivity (Wildman–Crippen MR) is 76.4 cm³/mol. The standard InChI is InChI=1S/C13H17BrFN3O/c14-12-4-3-10(15)6-9(12)7-17-13(16)18-8-11-2-1-5-19-11/h3-4,6,11H,1-2,5,7-8H2,(H3,16,17,18). The Kier molecular flexibility index (Phi) is 5.15. The first-order valence-corrected chi connectivity index (χ1v) is 7.04. The van der Waals surface area contributed by atoms with Gasteiger partial charge in [0, 0.05) is 17.6 Å². The Hall–Kier alpha value is -1.14. The van der Waals surface area contributed by atoms with Gasteiger partial charge in [-0.05, 0) is 36.6 Å². The molecule has 1 atom stereocenters. The molecule has 0 saturated carbocycles. The van der Waals surface area contributed by atoms with E-state index in [9.17, 15) is 4.39 Å². The van der Waals surface area contributed by atoms with Crippen molar-refractivity contribution in [3.05, 3.63) is 34.1 Å². The van der Waals surface area contributed by atoms with Gasteiger partial charge < -0.3 is 15.8 Å². The minimum atomic E-state index is -0.278. The van der Waals surface area contributed by atoms with Gasteiger partial charge in [0.1, 0.15) is 5.82 Å². The van der Waals surface area contributed by atoms with Crippen LogP contribution in [0.1, 0.15) is 18.4 Å². The minimum Gasteiger partial charge on any atom is -0.376 e. The first-order chi connectivity index (χ1) is 9.15. The lowest BCUT2D eigenvalue weighted by molar-refractivity contribution is 0.114. The van der Waals surface area contributed by atoms with Gasteiger partial charge >= 0.3 is 0 Å². The molecular weight excluding hydrogens is 313 g/mol. The zero-order valence-corrected chi connectivity index (χ0v) is 12.1. The maximum atomic E-state index is 13.1. The number of ether oxygens (including phenoxy) is 1. The van der Waals surface area contributed by atoms with E-state index in [0.717, 1.165) is 29.5 Å². The molecule has 1 aliphatic rings. The van der Waals surface area contributed by atoms with Crippen molar-refractivity contribution in [3.8, 4) is 0 Å². The molecule has 1 unspecified atom stereocenters. The number of halogens is 2. The summed E-state index contributed by atoms with van der Waals surface area (Å²) in [7, 11) is 0. The highest BCUT2D eigenvalue weighted by molar-refractivity contribution is 9.10. The first-order valence-electron chi connectivity index (χ1n) is 6.24. The van der Waals surface area contributed by atoms with E-state index in [1.54, 1.807) is 6.07 Å². The molecule has 19 heavy (non-hydrogen) atoms. The van der Waals surface area contributed by atoms with Gasteiger partial charge in [-0.1, -0.05) is 15.9 Å². The van der Waals surface area contributed by atoms with Gasteiger partial charge in [-0.3, -0.25) is 0 Å². The molecule has 3 N–H and O–H groups in total. The molecule has 2 rings (SSSR count). The third-order valence-corrected chi connectivity index (χ3v) is 3.74. The summed E-state index contributed by atoms with van der Waals surface area (Å²) in [6, 6.07) is 4.51. The quantitative estimate of drug-likeness (QED) is 0.657. The van der Waals surface area contributed by atoms with Crippen LogP contribution in [0.5, 0.6) is 0 Å². The summed E-state index contributed by atoms with van der Waals surface area (Å²) in [5.41, 5.74) is 6.53. The van der Waals surface area contributed by atoms with Crippen LogP contribution in [-0.2, 0) is 11.3 Å².